The monoisotopic (exact) mass is 524 g/mol. The average molecular weight is 525 g/mol. The summed E-state index contributed by atoms with van der Waals surface area (Å²) in [5, 5.41) is 27.8. The summed E-state index contributed by atoms with van der Waals surface area (Å²) in [6, 6.07) is 9.86. The topological polar surface area (TPSA) is 115 Å². The first-order valence-electron chi connectivity index (χ1n) is 10.2. The Labute approximate surface area is 212 Å². The maximum Gasteiger partial charge on any atom is 0.165 e. The number of rotatable bonds is 6. The van der Waals surface area contributed by atoms with E-state index in [0.29, 0.717) is 33.0 Å². The van der Waals surface area contributed by atoms with E-state index in [2.05, 4.69) is 42.1 Å². The number of anilines is 3. The van der Waals surface area contributed by atoms with Crippen LogP contribution in [0.4, 0.5) is 21.5 Å². The van der Waals surface area contributed by atoms with Gasteiger partial charge in [0.2, 0.25) is 0 Å². The lowest BCUT2D eigenvalue weighted by Crippen LogP contribution is -2.13. The quantitative estimate of drug-likeness (QED) is 0.236. The Kier molecular flexibility index (Phi) is 6.21. The van der Waals surface area contributed by atoms with Crippen molar-refractivity contribution in [1.82, 2.24) is 25.4 Å². The van der Waals surface area contributed by atoms with Gasteiger partial charge in [0.05, 0.1) is 54.8 Å². The van der Waals surface area contributed by atoms with Crippen molar-refractivity contribution in [2.24, 2.45) is 0 Å². The van der Waals surface area contributed by atoms with Crippen LogP contribution in [0.5, 0.6) is 0 Å². The fourth-order valence-electron chi connectivity index (χ4n) is 3.68. The maximum atomic E-state index is 14.7. The summed E-state index contributed by atoms with van der Waals surface area (Å²) in [6.07, 6.45) is 3.02. The van der Waals surface area contributed by atoms with Gasteiger partial charge in [-0.05, 0) is 31.2 Å². The SMILES string of the molecule is Cc1ncsc1C(Nc1cc(Cl)c2ncc(C#N)c(Nc3cccc(Cl)c3F)c2c1)c1cn[nH]n1. The number of nitrogens with zero attached hydrogens (tertiary/aromatic N) is 5. The van der Waals surface area contributed by atoms with E-state index in [1.165, 1.54) is 29.7 Å². The normalized spacial score (nSPS) is 11.9. The highest BCUT2D eigenvalue weighted by molar-refractivity contribution is 7.09. The van der Waals surface area contributed by atoms with Crippen molar-refractivity contribution in [2.45, 2.75) is 13.0 Å². The van der Waals surface area contributed by atoms with Gasteiger partial charge in [0.1, 0.15) is 17.8 Å². The number of benzene rings is 2. The highest BCUT2D eigenvalue weighted by Crippen LogP contribution is 2.38. The molecule has 1 unspecified atom stereocenters. The molecule has 174 valence electrons. The van der Waals surface area contributed by atoms with E-state index in [1.54, 1.807) is 29.9 Å². The third-order valence-electron chi connectivity index (χ3n) is 5.34. The molecule has 8 nitrogen and oxygen atoms in total. The minimum Gasteiger partial charge on any atom is -0.372 e. The number of pyridine rings is 1. The van der Waals surface area contributed by atoms with Crippen LogP contribution in [0.2, 0.25) is 10.0 Å². The summed E-state index contributed by atoms with van der Waals surface area (Å²) >= 11 is 14.0. The van der Waals surface area contributed by atoms with Crippen LogP contribution in [0, 0.1) is 24.1 Å². The highest BCUT2D eigenvalue weighted by Gasteiger charge is 2.22. The second-order valence-electron chi connectivity index (χ2n) is 7.51. The molecule has 1 atom stereocenters. The van der Waals surface area contributed by atoms with Crippen LogP contribution in [0.25, 0.3) is 10.9 Å². The van der Waals surface area contributed by atoms with Crippen molar-refractivity contribution in [3.63, 3.8) is 0 Å². The van der Waals surface area contributed by atoms with Gasteiger partial charge in [-0.3, -0.25) is 4.98 Å². The number of aromatic amines is 1. The first-order valence-corrected chi connectivity index (χ1v) is 11.9. The Bertz CT molecular complexity index is 1580. The molecule has 5 rings (SSSR count). The number of H-pyrrole nitrogens is 1. The number of aromatic nitrogens is 5. The van der Waals surface area contributed by atoms with Gasteiger partial charge in [-0.2, -0.15) is 20.7 Å². The largest absolute Gasteiger partial charge is 0.372 e. The van der Waals surface area contributed by atoms with Gasteiger partial charge >= 0.3 is 0 Å². The Morgan fingerprint density at radius 2 is 2.03 bits per heavy atom. The van der Waals surface area contributed by atoms with Crippen molar-refractivity contribution in [3.05, 3.63) is 85.9 Å². The predicted molar refractivity (Wildman–Crippen MR) is 135 cm³/mol. The molecule has 0 aliphatic rings. The standard InChI is InChI=1S/C23H15Cl2FN8S/c1-11-23(35-10-29-11)22(18-9-30-34-33-18)31-13-5-14-20(32-17-4-2-3-15(24)19(17)26)12(7-27)8-28-21(14)16(25)6-13/h2-6,8-10,22,31H,1H3,(H,28,32)(H,30,33,34). The zero-order valence-electron chi connectivity index (χ0n) is 18.0. The first kappa shape index (κ1) is 23.0. The number of nitriles is 1. The van der Waals surface area contributed by atoms with Gasteiger partial charge in [0, 0.05) is 17.3 Å². The van der Waals surface area contributed by atoms with E-state index in [-0.39, 0.29) is 22.3 Å². The van der Waals surface area contributed by atoms with Crippen LogP contribution in [-0.2, 0) is 0 Å². The molecule has 0 aliphatic carbocycles. The molecule has 0 aliphatic heterocycles. The molecular formula is C23H15Cl2FN8S. The van der Waals surface area contributed by atoms with Crippen LogP contribution < -0.4 is 10.6 Å². The minimum absolute atomic E-state index is 0.0392. The summed E-state index contributed by atoms with van der Waals surface area (Å²) in [5.41, 5.74) is 5.07. The molecular weight excluding hydrogens is 510 g/mol. The lowest BCUT2D eigenvalue weighted by Gasteiger charge is -2.19. The van der Waals surface area contributed by atoms with Crippen LogP contribution in [0.1, 0.15) is 27.9 Å². The van der Waals surface area contributed by atoms with Crippen molar-refractivity contribution in [3.8, 4) is 6.07 Å². The fourth-order valence-corrected chi connectivity index (χ4v) is 4.98. The first-order chi connectivity index (χ1) is 17.0. The Morgan fingerprint density at radius 3 is 2.74 bits per heavy atom. The van der Waals surface area contributed by atoms with Crippen molar-refractivity contribution in [2.75, 3.05) is 10.6 Å². The minimum atomic E-state index is -0.629. The molecule has 0 spiro atoms. The molecule has 3 heterocycles. The van der Waals surface area contributed by atoms with Crippen LogP contribution >= 0.6 is 34.5 Å². The molecule has 3 aromatic heterocycles. The highest BCUT2D eigenvalue weighted by atomic mass is 35.5. The number of halogens is 3. The van der Waals surface area contributed by atoms with E-state index in [0.717, 1.165) is 10.6 Å². The summed E-state index contributed by atoms with van der Waals surface area (Å²) in [7, 11) is 0. The molecule has 5 aromatic rings. The van der Waals surface area contributed by atoms with Gasteiger partial charge in [-0.1, -0.05) is 29.3 Å². The lowest BCUT2D eigenvalue weighted by atomic mass is 10.1. The van der Waals surface area contributed by atoms with E-state index in [9.17, 15) is 9.65 Å². The Hall–Kier alpha value is -3.78. The van der Waals surface area contributed by atoms with E-state index < -0.39 is 5.82 Å². The molecule has 3 N–H and O–H groups in total. The molecule has 0 saturated carbocycles. The van der Waals surface area contributed by atoms with Crippen LogP contribution in [-0.4, -0.2) is 25.4 Å². The predicted octanol–water partition coefficient (Wildman–Crippen LogP) is 6.38. The summed E-state index contributed by atoms with van der Waals surface area (Å²) in [5.74, 6) is -0.629. The van der Waals surface area contributed by atoms with Gasteiger partial charge in [0.15, 0.2) is 5.82 Å². The Morgan fingerprint density at radius 1 is 1.17 bits per heavy atom. The molecule has 0 saturated heterocycles. The number of hydrogen-bond acceptors (Lipinski definition) is 8. The number of fused-ring (bicyclic) bond motifs is 1. The van der Waals surface area contributed by atoms with Crippen molar-refractivity contribution in [1.29, 1.82) is 5.26 Å². The molecule has 12 heteroatoms. The molecule has 0 fully saturated rings. The summed E-state index contributed by atoms with van der Waals surface area (Å²) in [6.45, 7) is 1.92. The van der Waals surface area contributed by atoms with Crippen LogP contribution in [0.15, 0.2) is 48.2 Å². The smallest absolute Gasteiger partial charge is 0.165 e. The molecule has 0 radical (unpaired) electrons. The van der Waals surface area contributed by atoms with Gasteiger partial charge in [-0.25, -0.2) is 9.37 Å². The number of hydrogen-bond donors (Lipinski definition) is 3. The van der Waals surface area contributed by atoms with E-state index in [1.807, 2.05) is 6.92 Å². The van der Waals surface area contributed by atoms with Crippen molar-refractivity contribution < 1.29 is 4.39 Å². The molecule has 0 amide bonds. The zero-order valence-corrected chi connectivity index (χ0v) is 20.3. The Balaban J connectivity index is 1.64. The molecule has 0 bridgehead atoms. The fraction of sp³-hybridized carbons (Fsp3) is 0.0870. The van der Waals surface area contributed by atoms with E-state index in [4.69, 9.17) is 23.2 Å². The van der Waals surface area contributed by atoms with Gasteiger partial charge in [0.25, 0.3) is 0 Å². The number of aryl methyl sites for hydroxylation is 1. The third kappa shape index (κ3) is 4.37. The molecule has 35 heavy (non-hydrogen) atoms. The van der Waals surface area contributed by atoms with Crippen LogP contribution in [0.3, 0.4) is 0 Å². The second-order valence-corrected chi connectivity index (χ2v) is 9.21. The zero-order chi connectivity index (χ0) is 24.5. The van der Waals surface area contributed by atoms with E-state index >= 15 is 0 Å². The summed E-state index contributed by atoms with van der Waals surface area (Å²) in [4.78, 5) is 9.65. The number of nitrogens with one attached hydrogen (secondary N) is 3. The number of thiazole rings is 1. The van der Waals surface area contributed by atoms with Gasteiger partial charge in [-0.15, -0.1) is 11.3 Å². The molecule has 2 aromatic carbocycles. The third-order valence-corrected chi connectivity index (χ3v) is 6.92. The maximum absolute atomic E-state index is 14.7. The average Bonchev–Trinajstić information content (AvgIpc) is 3.53. The second kappa shape index (κ2) is 9.46. The van der Waals surface area contributed by atoms with Gasteiger partial charge < -0.3 is 10.6 Å². The lowest BCUT2D eigenvalue weighted by molar-refractivity contribution is 0.632. The van der Waals surface area contributed by atoms with Crippen molar-refractivity contribution >= 4 is 62.5 Å². The summed E-state index contributed by atoms with van der Waals surface area (Å²) < 4.78 is 14.7.